The van der Waals surface area contributed by atoms with E-state index in [2.05, 4.69) is 61.2 Å². The summed E-state index contributed by atoms with van der Waals surface area (Å²) in [4.78, 5) is 8.22. The smallest absolute Gasteiger partial charge is 0.132 e. The molecule has 2 rings (SSSR count). The van der Waals surface area contributed by atoms with Crippen LogP contribution in [0, 0.1) is 0 Å². The lowest BCUT2D eigenvalue weighted by molar-refractivity contribution is 0.363. The molecule has 1 aliphatic rings. The SMILES string of the molecule is C=C1/C=C(/C)SCNc2ccccc2NC1=NCCN(C)CC. The van der Waals surface area contributed by atoms with Gasteiger partial charge >= 0.3 is 0 Å². The molecule has 1 aliphatic heterocycles. The monoisotopic (exact) mass is 330 g/mol. The van der Waals surface area contributed by atoms with Crippen LogP contribution < -0.4 is 10.6 Å². The Kier molecular flexibility index (Phi) is 6.74. The molecule has 0 saturated carbocycles. The number of allylic oxidation sites excluding steroid dienone is 1. The number of fused-ring (bicyclic) bond motifs is 1. The molecule has 0 spiro atoms. The van der Waals surface area contributed by atoms with Crippen LogP contribution in [-0.2, 0) is 0 Å². The number of hydrogen-bond acceptors (Lipinski definition) is 4. The highest BCUT2D eigenvalue weighted by Gasteiger charge is 2.10. The van der Waals surface area contributed by atoms with Gasteiger partial charge in [-0.1, -0.05) is 25.6 Å². The molecular formula is C18H26N4S. The van der Waals surface area contributed by atoms with Gasteiger partial charge in [-0.3, -0.25) is 4.99 Å². The zero-order valence-electron chi connectivity index (χ0n) is 14.2. The van der Waals surface area contributed by atoms with Crippen LogP contribution >= 0.6 is 11.8 Å². The van der Waals surface area contributed by atoms with E-state index in [4.69, 9.17) is 4.99 Å². The fourth-order valence-electron chi connectivity index (χ4n) is 2.17. The number of thioether (sulfide) groups is 1. The van der Waals surface area contributed by atoms with Crippen molar-refractivity contribution in [3.8, 4) is 0 Å². The fraction of sp³-hybridized carbons (Fsp3) is 0.389. The second kappa shape index (κ2) is 8.79. The van der Waals surface area contributed by atoms with Gasteiger partial charge in [0.2, 0.25) is 0 Å². The summed E-state index contributed by atoms with van der Waals surface area (Å²) in [6, 6.07) is 8.20. The van der Waals surface area contributed by atoms with Crippen molar-refractivity contribution in [1.82, 2.24) is 4.90 Å². The van der Waals surface area contributed by atoms with E-state index in [1.807, 2.05) is 12.1 Å². The Bertz CT molecular complexity index is 607. The maximum absolute atomic E-state index is 4.74. The zero-order chi connectivity index (χ0) is 16.7. The summed E-state index contributed by atoms with van der Waals surface area (Å²) in [6.07, 6.45) is 2.09. The Balaban J connectivity index is 2.24. The standard InChI is InChI=1S/C18H26N4S/c1-5-22(4)11-10-19-18-14(2)12-15(3)23-13-20-16-8-6-7-9-17(16)21-18/h6-9,12,20H,2,5,10-11,13H2,1,3-4H3,(H,19,21)/b15-12-. The average molecular weight is 331 g/mol. The van der Waals surface area contributed by atoms with Gasteiger partial charge in [-0.05, 0) is 43.6 Å². The molecule has 1 aromatic carbocycles. The lowest BCUT2D eigenvalue weighted by Gasteiger charge is -2.18. The highest BCUT2D eigenvalue weighted by atomic mass is 32.2. The van der Waals surface area contributed by atoms with E-state index in [9.17, 15) is 0 Å². The highest BCUT2D eigenvalue weighted by molar-refractivity contribution is 8.03. The van der Waals surface area contributed by atoms with Gasteiger partial charge in [0.15, 0.2) is 0 Å². The molecule has 0 saturated heterocycles. The van der Waals surface area contributed by atoms with E-state index in [1.165, 1.54) is 4.91 Å². The van der Waals surface area contributed by atoms with Gasteiger partial charge in [0.25, 0.3) is 0 Å². The number of hydrogen-bond donors (Lipinski definition) is 2. The number of anilines is 2. The third-order valence-corrected chi connectivity index (χ3v) is 4.58. The first kappa shape index (κ1) is 17.6. The number of nitrogens with one attached hydrogen (secondary N) is 2. The molecule has 0 fully saturated rings. The minimum atomic E-state index is 0.751. The van der Waals surface area contributed by atoms with E-state index in [1.54, 1.807) is 11.8 Å². The van der Waals surface area contributed by atoms with Gasteiger partial charge in [0.1, 0.15) is 5.84 Å². The molecule has 23 heavy (non-hydrogen) atoms. The third-order valence-electron chi connectivity index (χ3n) is 3.72. The zero-order valence-corrected chi connectivity index (χ0v) is 15.0. The van der Waals surface area contributed by atoms with Gasteiger partial charge < -0.3 is 15.5 Å². The average Bonchev–Trinajstić information content (AvgIpc) is 2.54. The van der Waals surface area contributed by atoms with Crippen LogP contribution in [0.4, 0.5) is 11.4 Å². The maximum Gasteiger partial charge on any atom is 0.132 e. The quantitative estimate of drug-likeness (QED) is 0.874. The van der Waals surface area contributed by atoms with E-state index in [-0.39, 0.29) is 0 Å². The van der Waals surface area contributed by atoms with Gasteiger partial charge in [-0.25, -0.2) is 0 Å². The number of amidine groups is 1. The van der Waals surface area contributed by atoms with Gasteiger partial charge in [0.05, 0.1) is 23.8 Å². The van der Waals surface area contributed by atoms with E-state index < -0.39 is 0 Å². The Labute approximate surface area is 143 Å². The van der Waals surface area contributed by atoms with E-state index in [0.29, 0.717) is 0 Å². The normalized spacial score (nSPS) is 19.6. The highest BCUT2D eigenvalue weighted by Crippen LogP contribution is 2.26. The maximum atomic E-state index is 4.74. The van der Waals surface area contributed by atoms with Crippen molar-refractivity contribution in [1.29, 1.82) is 0 Å². The van der Waals surface area contributed by atoms with Crippen LogP contribution in [0.3, 0.4) is 0 Å². The Hall–Kier alpha value is -1.72. The number of nitrogens with zero attached hydrogens (tertiary/aromatic N) is 2. The van der Waals surface area contributed by atoms with Crippen LogP contribution in [0.15, 0.2) is 52.4 Å². The molecule has 0 unspecified atom stereocenters. The second-order valence-corrected chi connectivity index (χ2v) is 6.76. The number of benzene rings is 1. The number of rotatable bonds is 4. The second-order valence-electron chi connectivity index (χ2n) is 5.54. The van der Waals surface area contributed by atoms with Gasteiger partial charge in [-0.2, -0.15) is 0 Å². The summed E-state index contributed by atoms with van der Waals surface area (Å²) in [6.45, 7) is 11.2. The third kappa shape index (κ3) is 5.44. The van der Waals surface area contributed by atoms with Crippen LogP contribution in [0.25, 0.3) is 0 Å². The van der Waals surface area contributed by atoms with Crippen molar-refractivity contribution in [2.24, 2.45) is 4.99 Å². The first-order valence-corrected chi connectivity index (χ1v) is 8.92. The summed E-state index contributed by atoms with van der Waals surface area (Å²) in [7, 11) is 2.11. The first-order valence-electron chi connectivity index (χ1n) is 7.93. The summed E-state index contributed by atoms with van der Waals surface area (Å²) in [5, 5.41) is 6.89. The number of para-hydroxylation sites is 2. The molecule has 2 N–H and O–H groups in total. The molecule has 0 aliphatic carbocycles. The molecule has 1 heterocycles. The Morgan fingerprint density at radius 2 is 2.04 bits per heavy atom. The van der Waals surface area contributed by atoms with E-state index >= 15 is 0 Å². The van der Waals surface area contributed by atoms with Crippen molar-refractivity contribution in [3.05, 3.63) is 47.4 Å². The summed E-state index contributed by atoms with van der Waals surface area (Å²) in [5.74, 6) is 1.67. The van der Waals surface area contributed by atoms with Crippen LogP contribution in [0.5, 0.6) is 0 Å². The van der Waals surface area contributed by atoms with Crippen molar-refractivity contribution >= 4 is 29.0 Å². The molecule has 124 valence electrons. The number of aliphatic imine (C=N–C) groups is 1. The van der Waals surface area contributed by atoms with Crippen molar-refractivity contribution in [2.45, 2.75) is 13.8 Å². The minimum absolute atomic E-state index is 0.751. The lowest BCUT2D eigenvalue weighted by Crippen LogP contribution is -2.23. The van der Waals surface area contributed by atoms with Crippen molar-refractivity contribution < 1.29 is 0 Å². The molecule has 4 nitrogen and oxygen atoms in total. The molecule has 0 radical (unpaired) electrons. The first-order chi connectivity index (χ1) is 11.1. The van der Waals surface area contributed by atoms with E-state index in [0.717, 1.165) is 48.3 Å². The van der Waals surface area contributed by atoms with Crippen LogP contribution in [0.1, 0.15) is 13.8 Å². The molecule has 0 amide bonds. The molecule has 0 aromatic heterocycles. The van der Waals surface area contributed by atoms with Gasteiger partial charge in [0, 0.05) is 12.1 Å². The van der Waals surface area contributed by atoms with Gasteiger partial charge in [-0.15, -0.1) is 11.8 Å². The predicted octanol–water partition coefficient (Wildman–Crippen LogP) is 4.02. The molecule has 0 atom stereocenters. The summed E-state index contributed by atoms with van der Waals surface area (Å²) in [5.41, 5.74) is 3.04. The topological polar surface area (TPSA) is 39.7 Å². The van der Waals surface area contributed by atoms with Crippen molar-refractivity contribution in [3.63, 3.8) is 0 Å². The number of likely N-dealkylation sites (N-methyl/N-ethyl adjacent to an activating group) is 1. The molecule has 5 heteroatoms. The summed E-state index contributed by atoms with van der Waals surface area (Å²) < 4.78 is 0. The summed E-state index contributed by atoms with van der Waals surface area (Å²) >= 11 is 1.77. The predicted molar refractivity (Wildman–Crippen MR) is 105 cm³/mol. The largest absolute Gasteiger partial charge is 0.374 e. The molecule has 1 aromatic rings. The van der Waals surface area contributed by atoms with Crippen LogP contribution in [-0.4, -0.2) is 43.3 Å². The Morgan fingerprint density at radius 1 is 1.30 bits per heavy atom. The molecule has 0 bridgehead atoms. The fourth-order valence-corrected chi connectivity index (χ4v) is 2.85. The minimum Gasteiger partial charge on any atom is -0.374 e. The van der Waals surface area contributed by atoms with Crippen LogP contribution in [0.2, 0.25) is 0 Å². The lowest BCUT2D eigenvalue weighted by atomic mass is 10.2. The van der Waals surface area contributed by atoms with Crippen molar-refractivity contribution in [2.75, 3.05) is 43.2 Å². The molecular weight excluding hydrogens is 304 g/mol. The Morgan fingerprint density at radius 3 is 2.78 bits per heavy atom.